The highest BCUT2D eigenvalue weighted by Gasteiger charge is 2.04. The van der Waals surface area contributed by atoms with Crippen molar-refractivity contribution in [3.63, 3.8) is 0 Å². The molecule has 0 spiro atoms. The van der Waals surface area contributed by atoms with Crippen molar-refractivity contribution in [2.24, 2.45) is 0 Å². The summed E-state index contributed by atoms with van der Waals surface area (Å²) < 4.78 is 17.9. The predicted molar refractivity (Wildman–Crippen MR) is 94.5 cm³/mol. The van der Waals surface area contributed by atoms with E-state index < -0.39 is 0 Å². The molecule has 0 aliphatic rings. The van der Waals surface area contributed by atoms with E-state index in [1.807, 2.05) is 12.1 Å². The fourth-order valence-electron chi connectivity index (χ4n) is 2.16. The highest BCUT2D eigenvalue weighted by atomic mass is 32.1. The molecule has 0 saturated heterocycles. The van der Waals surface area contributed by atoms with Gasteiger partial charge >= 0.3 is 0 Å². The standard InChI is InChI=1S/C18H16FN3O2S/c1-12-21-18(24-22-12)10-11-20-17(23)9-7-15-6-8-16(25-15)13-2-4-14(19)5-3-13/h2-9H,10-11H2,1H3,(H,20,23)/b9-7+. The van der Waals surface area contributed by atoms with E-state index in [1.54, 1.807) is 25.1 Å². The van der Waals surface area contributed by atoms with Gasteiger partial charge < -0.3 is 9.84 Å². The number of halogens is 1. The third kappa shape index (κ3) is 4.84. The van der Waals surface area contributed by atoms with Gasteiger partial charge in [0.05, 0.1) is 0 Å². The number of thiophene rings is 1. The lowest BCUT2D eigenvalue weighted by molar-refractivity contribution is -0.116. The van der Waals surface area contributed by atoms with Gasteiger partial charge in [0.1, 0.15) is 5.82 Å². The van der Waals surface area contributed by atoms with Gasteiger partial charge in [-0.25, -0.2) is 4.39 Å². The van der Waals surface area contributed by atoms with Crippen molar-refractivity contribution in [3.8, 4) is 10.4 Å². The van der Waals surface area contributed by atoms with Crippen LogP contribution in [0.25, 0.3) is 16.5 Å². The van der Waals surface area contributed by atoms with Crippen molar-refractivity contribution in [3.05, 3.63) is 64.9 Å². The zero-order valence-corrected chi connectivity index (χ0v) is 14.3. The Morgan fingerprint density at radius 2 is 2.08 bits per heavy atom. The van der Waals surface area contributed by atoms with Crippen LogP contribution in [0, 0.1) is 12.7 Å². The average molecular weight is 357 g/mol. The Morgan fingerprint density at radius 1 is 1.28 bits per heavy atom. The molecule has 0 unspecified atom stereocenters. The van der Waals surface area contributed by atoms with Gasteiger partial charge in [-0.05, 0) is 42.8 Å². The van der Waals surface area contributed by atoms with Crippen molar-refractivity contribution in [2.75, 3.05) is 6.54 Å². The second-order valence-electron chi connectivity index (χ2n) is 5.32. The fraction of sp³-hybridized carbons (Fsp3) is 0.167. The van der Waals surface area contributed by atoms with E-state index >= 15 is 0 Å². The number of hydrogen-bond donors (Lipinski definition) is 1. The molecule has 0 saturated carbocycles. The van der Waals surface area contributed by atoms with Gasteiger partial charge in [0.15, 0.2) is 5.82 Å². The Morgan fingerprint density at radius 3 is 2.80 bits per heavy atom. The molecule has 0 atom stereocenters. The minimum absolute atomic E-state index is 0.187. The molecule has 0 aliphatic carbocycles. The van der Waals surface area contributed by atoms with E-state index in [4.69, 9.17) is 4.52 Å². The summed E-state index contributed by atoms with van der Waals surface area (Å²) in [4.78, 5) is 17.9. The Hall–Kier alpha value is -2.80. The van der Waals surface area contributed by atoms with Crippen LogP contribution >= 0.6 is 11.3 Å². The Kier molecular flexibility index (Phi) is 5.35. The van der Waals surface area contributed by atoms with Gasteiger partial charge in [0, 0.05) is 28.8 Å². The van der Waals surface area contributed by atoms with E-state index in [0.29, 0.717) is 24.7 Å². The first-order valence-electron chi connectivity index (χ1n) is 7.71. The summed E-state index contributed by atoms with van der Waals surface area (Å²) in [6.45, 7) is 2.17. The van der Waals surface area contributed by atoms with Crippen LogP contribution in [-0.4, -0.2) is 22.6 Å². The molecule has 0 aliphatic heterocycles. The summed E-state index contributed by atoms with van der Waals surface area (Å²) in [5.74, 6) is 0.639. The molecule has 1 aromatic carbocycles. The molecular weight excluding hydrogens is 341 g/mol. The SMILES string of the molecule is Cc1noc(CCNC(=O)/C=C/c2ccc(-c3ccc(F)cc3)s2)n1. The number of rotatable bonds is 6. The van der Waals surface area contributed by atoms with E-state index in [9.17, 15) is 9.18 Å². The molecule has 2 heterocycles. The van der Waals surface area contributed by atoms with Crippen molar-refractivity contribution in [1.29, 1.82) is 0 Å². The second kappa shape index (κ2) is 7.85. The first-order chi connectivity index (χ1) is 12.1. The molecule has 0 bridgehead atoms. The topological polar surface area (TPSA) is 68.0 Å². The highest BCUT2D eigenvalue weighted by molar-refractivity contribution is 7.16. The normalized spacial score (nSPS) is 11.1. The minimum Gasteiger partial charge on any atom is -0.352 e. The van der Waals surface area contributed by atoms with Crippen LogP contribution in [-0.2, 0) is 11.2 Å². The molecule has 0 radical (unpaired) electrons. The van der Waals surface area contributed by atoms with Gasteiger partial charge in [-0.15, -0.1) is 11.3 Å². The van der Waals surface area contributed by atoms with Crippen LogP contribution in [0.4, 0.5) is 4.39 Å². The van der Waals surface area contributed by atoms with Gasteiger partial charge in [-0.1, -0.05) is 17.3 Å². The zero-order valence-electron chi connectivity index (χ0n) is 13.5. The van der Waals surface area contributed by atoms with Gasteiger partial charge in [-0.3, -0.25) is 4.79 Å². The third-order valence-electron chi connectivity index (χ3n) is 3.36. The van der Waals surface area contributed by atoms with E-state index in [0.717, 1.165) is 15.3 Å². The lowest BCUT2D eigenvalue weighted by atomic mass is 10.2. The lowest BCUT2D eigenvalue weighted by Crippen LogP contribution is -2.23. The summed E-state index contributed by atoms with van der Waals surface area (Å²) in [6, 6.07) is 10.2. The average Bonchev–Trinajstić information content (AvgIpc) is 3.23. The van der Waals surface area contributed by atoms with Crippen LogP contribution in [0.5, 0.6) is 0 Å². The number of carbonyl (C=O) groups is 1. The molecule has 0 fully saturated rings. The number of amides is 1. The van der Waals surface area contributed by atoms with Gasteiger partial charge in [0.2, 0.25) is 11.8 Å². The summed E-state index contributed by atoms with van der Waals surface area (Å²) in [6.07, 6.45) is 3.73. The van der Waals surface area contributed by atoms with Gasteiger partial charge in [-0.2, -0.15) is 4.98 Å². The number of hydrogen-bond acceptors (Lipinski definition) is 5. The van der Waals surface area contributed by atoms with Gasteiger partial charge in [0.25, 0.3) is 0 Å². The number of nitrogens with one attached hydrogen (secondary N) is 1. The summed E-state index contributed by atoms with van der Waals surface area (Å²) >= 11 is 1.53. The molecule has 3 rings (SSSR count). The molecule has 1 N–H and O–H groups in total. The quantitative estimate of drug-likeness (QED) is 0.684. The molecule has 3 aromatic rings. The predicted octanol–water partition coefficient (Wildman–Crippen LogP) is 3.62. The number of carbonyl (C=O) groups excluding carboxylic acids is 1. The monoisotopic (exact) mass is 357 g/mol. The van der Waals surface area contributed by atoms with E-state index in [1.165, 1.54) is 29.5 Å². The number of benzene rings is 1. The molecule has 2 aromatic heterocycles. The number of nitrogens with zero attached hydrogens (tertiary/aromatic N) is 2. The molecule has 7 heteroatoms. The molecule has 128 valence electrons. The van der Waals surface area contributed by atoms with Crippen LogP contribution in [0.1, 0.15) is 16.6 Å². The molecule has 5 nitrogen and oxygen atoms in total. The van der Waals surface area contributed by atoms with E-state index in [2.05, 4.69) is 15.5 Å². The van der Waals surface area contributed by atoms with E-state index in [-0.39, 0.29) is 11.7 Å². The first-order valence-corrected chi connectivity index (χ1v) is 8.53. The van der Waals surface area contributed by atoms with Crippen molar-refractivity contribution in [2.45, 2.75) is 13.3 Å². The largest absolute Gasteiger partial charge is 0.352 e. The number of aryl methyl sites for hydroxylation is 1. The van der Waals surface area contributed by atoms with Crippen molar-refractivity contribution >= 4 is 23.3 Å². The second-order valence-corrected chi connectivity index (χ2v) is 6.43. The Bertz CT molecular complexity index is 884. The van der Waals surface area contributed by atoms with Crippen molar-refractivity contribution in [1.82, 2.24) is 15.5 Å². The van der Waals surface area contributed by atoms with Crippen LogP contribution in [0.2, 0.25) is 0 Å². The first kappa shape index (κ1) is 17.0. The number of aromatic nitrogens is 2. The Balaban J connectivity index is 1.51. The van der Waals surface area contributed by atoms with Crippen LogP contribution in [0.15, 0.2) is 47.0 Å². The smallest absolute Gasteiger partial charge is 0.244 e. The Labute approximate surface area is 148 Å². The molecule has 1 amide bonds. The zero-order chi connectivity index (χ0) is 17.6. The van der Waals surface area contributed by atoms with Crippen LogP contribution < -0.4 is 5.32 Å². The molecular formula is C18H16FN3O2S. The maximum absolute atomic E-state index is 13.0. The highest BCUT2D eigenvalue weighted by Crippen LogP contribution is 2.28. The fourth-order valence-corrected chi connectivity index (χ4v) is 3.08. The minimum atomic E-state index is -0.257. The summed E-state index contributed by atoms with van der Waals surface area (Å²) in [7, 11) is 0. The maximum atomic E-state index is 13.0. The summed E-state index contributed by atoms with van der Waals surface area (Å²) in [5, 5.41) is 6.46. The lowest BCUT2D eigenvalue weighted by Gasteiger charge is -1.98. The molecule has 25 heavy (non-hydrogen) atoms. The summed E-state index contributed by atoms with van der Waals surface area (Å²) in [5.41, 5.74) is 0.949. The maximum Gasteiger partial charge on any atom is 0.244 e. The van der Waals surface area contributed by atoms with Crippen molar-refractivity contribution < 1.29 is 13.7 Å². The third-order valence-corrected chi connectivity index (χ3v) is 4.46. The van der Waals surface area contributed by atoms with Crippen LogP contribution in [0.3, 0.4) is 0 Å².